The molecule has 0 saturated heterocycles. The molecule has 0 aliphatic rings. The second-order valence-electron chi connectivity index (χ2n) is 4.24. The van der Waals surface area contributed by atoms with Crippen LogP contribution in [0, 0.1) is 6.92 Å². The van der Waals surface area contributed by atoms with Crippen LogP contribution in [-0.2, 0) is 0 Å². The van der Waals surface area contributed by atoms with Crippen molar-refractivity contribution in [2.75, 3.05) is 11.9 Å². The lowest BCUT2D eigenvalue weighted by atomic mass is 10.1. The van der Waals surface area contributed by atoms with E-state index in [1.165, 1.54) is 6.07 Å². The first kappa shape index (κ1) is 11.7. The Morgan fingerprint density at radius 2 is 2.12 bits per heavy atom. The molecule has 90 valence electrons. The van der Waals surface area contributed by atoms with Crippen LogP contribution in [0.4, 0.5) is 5.69 Å². The lowest BCUT2D eigenvalue weighted by molar-refractivity contribution is 0.560. The molecule has 17 heavy (non-hydrogen) atoms. The van der Waals surface area contributed by atoms with Gasteiger partial charge in [0.05, 0.1) is 0 Å². The molecule has 0 bridgehead atoms. The van der Waals surface area contributed by atoms with Gasteiger partial charge in [-0.1, -0.05) is 13.3 Å². The molecule has 0 atom stereocenters. The predicted molar refractivity (Wildman–Crippen MR) is 70.6 cm³/mol. The van der Waals surface area contributed by atoms with E-state index in [2.05, 4.69) is 12.2 Å². The lowest BCUT2D eigenvalue weighted by Gasteiger charge is -2.07. The molecule has 1 N–H and O–H groups in total. The summed E-state index contributed by atoms with van der Waals surface area (Å²) in [7, 11) is 0. The standard InChI is InChI=1S/C14H17NO2/c1-3-4-7-15-11-5-6-12-10(2)8-14(16)17-13(12)9-11/h5-6,8-9,15H,3-4,7H2,1-2H3. The maximum Gasteiger partial charge on any atom is 0.336 e. The van der Waals surface area contributed by atoms with Crippen molar-refractivity contribution in [3.63, 3.8) is 0 Å². The topological polar surface area (TPSA) is 42.2 Å². The molecule has 0 fully saturated rings. The van der Waals surface area contributed by atoms with Gasteiger partial charge in [-0.05, 0) is 31.0 Å². The largest absolute Gasteiger partial charge is 0.423 e. The fourth-order valence-corrected chi connectivity index (χ4v) is 1.84. The van der Waals surface area contributed by atoms with Gasteiger partial charge in [0, 0.05) is 29.8 Å². The molecule has 1 aromatic carbocycles. The van der Waals surface area contributed by atoms with Gasteiger partial charge in [0.25, 0.3) is 0 Å². The molecule has 0 spiro atoms. The second-order valence-corrected chi connectivity index (χ2v) is 4.24. The minimum absolute atomic E-state index is 0.291. The fraction of sp³-hybridized carbons (Fsp3) is 0.357. The first-order valence-electron chi connectivity index (χ1n) is 5.99. The summed E-state index contributed by atoms with van der Waals surface area (Å²) in [5.74, 6) is 0. The van der Waals surface area contributed by atoms with Crippen LogP contribution in [-0.4, -0.2) is 6.54 Å². The first-order chi connectivity index (χ1) is 8.20. The number of fused-ring (bicyclic) bond motifs is 1. The van der Waals surface area contributed by atoms with Crippen molar-refractivity contribution in [3.8, 4) is 0 Å². The van der Waals surface area contributed by atoms with Gasteiger partial charge in [-0.25, -0.2) is 4.79 Å². The predicted octanol–water partition coefficient (Wildman–Crippen LogP) is 3.31. The zero-order valence-electron chi connectivity index (χ0n) is 10.2. The number of anilines is 1. The van der Waals surface area contributed by atoms with Gasteiger partial charge in [0.1, 0.15) is 5.58 Å². The van der Waals surface area contributed by atoms with E-state index in [9.17, 15) is 4.79 Å². The highest BCUT2D eigenvalue weighted by Crippen LogP contribution is 2.20. The highest BCUT2D eigenvalue weighted by molar-refractivity contribution is 5.83. The highest BCUT2D eigenvalue weighted by atomic mass is 16.4. The van der Waals surface area contributed by atoms with Crippen LogP contribution in [0.15, 0.2) is 33.5 Å². The molecule has 0 unspecified atom stereocenters. The van der Waals surface area contributed by atoms with Gasteiger partial charge in [-0.2, -0.15) is 0 Å². The van der Waals surface area contributed by atoms with Gasteiger partial charge in [-0.3, -0.25) is 0 Å². The van der Waals surface area contributed by atoms with E-state index in [-0.39, 0.29) is 5.63 Å². The lowest BCUT2D eigenvalue weighted by Crippen LogP contribution is -2.02. The van der Waals surface area contributed by atoms with E-state index in [1.807, 2.05) is 25.1 Å². The average Bonchev–Trinajstić information content (AvgIpc) is 2.28. The zero-order chi connectivity index (χ0) is 12.3. The molecule has 0 saturated carbocycles. The van der Waals surface area contributed by atoms with Crippen LogP contribution < -0.4 is 10.9 Å². The molecule has 3 nitrogen and oxygen atoms in total. The molecule has 0 aliphatic heterocycles. The second kappa shape index (κ2) is 5.04. The summed E-state index contributed by atoms with van der Waals surface area (Å²) in [6.07, 6.45) is 2.30. The molecule has 0 radical (unpaired) electrons. The molecule has 2 aromatic rings. The summed E-state index contributed by atoms with van der Waals surface area (Å²) in [4.78, 5) is 11.3. The maximum absolute atomic E-state index is 11.3. The number of rotatable bonds is 4. The molecule has 0 amide bonds. The third-order valence-corrected chi connectivity index (χ3v) is 2.81. The molecule has 3 heteroatoms. The van der Waals surface area contributed by atoms with Crippen molar-refractivity contribution in [1.82, 2.24) is 0 Å². The monoisotopic (exact) mass is 231 g/mol. The van der Waals surface area contributed by atoms with Gasteiger partial charge in [0.2, 0.25) is 0 Å². The Morgan fingerprint density at radius 1 is 1.29 bits per heavy atom. The van der Waals surface area contributed by atoms with Gasteiger partial charge >= 0.3 is 5.63 Å². The zero-order valence-corrected chi connectivity index (χ0v) is 10.2. The number of nitrogens with one attached hydrogen (secondary N) is 1. The average molecular weight is 231 g/mol. The van der Waals surface area contributed by atoms with E-state index in [0.717, 1.165) is 36.0 Å². The van der Waals surface area contributed by atoms with Crippen LogP contribution in [0.3, 0.4) is 0 Å². The van der Waals surface area contributed by atoms with Gasteiger partial charge in [0.15, 0.2) is 0 Å². The Balaban J connectivity index is 2.33. The number of unbranched alkanes of at least 4 members (excludes halogenated alkanes) is 1. The summed E-state index contributed by atoms with van der Waals surface area (Å²) >= 11 is 0. The van der Waals surface area contributed by atoms with E-state index in [0.29, 0.717) is 5.58 Å². The fourth-order valence-electron chi connectivity index (χ4n) is 1.84. The summed E-state index contributed by atoms with van der Waals surface area (Å²) < 4.78 is 5.19. The molecule has 0 aliphatic carbocycles. The van der Waals surface area contributed by atoms with Crippen LogP contribution >= 0.6 is 0 Å². The molecular weight excluding hydrogens is 214 g/mol. The summed E-state index contributed by atoms with van der Waals surface area (Å²) in [6, 6.07) is 7.42. The SMILES string of the molecule is CCCCNc1ccc2c(C)cc(=O)oc2c1. The highest BCUT2D eigenvalue weighted by Gasteiger charge is 2.02. The van der Waals surface area contributed by atoms with Crippen molar-refractivity contribution >= 4 is 16.7 Å². The number of aryl methyl sites for hydroxylation is 1. The first-order valence-corrected chi connectivity index (χ1v) is 5.99. The molecule has 2 rings (SSSR count). The van der Waals surface area contributed by atoms with Crippen LogP contribution in [0.2, 0.25) is 0 Å². The van der Waals surface area contributed by atoms with E-state index in [1.54, 1.807) is 0 Å². The Morgan fingerprint density at radius 3 is 2.88 bits per heavy atom. The van der Waals surface area contributed by atoms with Crippen molar-refractivity contribution < 1.29 is 4.42 Å². The molecule has 1 heterocycles. The number of hydrogen-bond acceptors (Lipinski definition) is 3. The van der Waals surface area contributed by atoms with E-state index < -0.39 is 0 Å². The van der Waals surface area contributed by atoms with Crippen molar-refractivity contribution in [2.45, 2.75) is 26.7 Å². The van der Waals surface area contributed by atoms with Crippen molar-refractivity contribution in [3.05, 3.63) is 40.2 Å². The van der Waals surface area contributed by atoms with Gasteiger partial charge < -0.3 is 9.73 Å². The third-order valence-electron chi connectivity index (χ3n) is 2.81. The Kier molecular flexibility index (Phi) is 3.47. The smallest absolute Gasteiger partial charge is 0.336 e. The molecular formula is C14H17NO2. The Labute approximate surface area is 100 Å². The van der Waals surface area contributed by atoms with E-state index in [4.69, 9.17) is 4.42 Å². The summed E-state index contributed by atoms with van der Waals surface area (Å²) in [6.45, 7) is 5.02. The minimum atomic E-state index is -0.291. The van der Waals surface area contributed by atoms with Crippen LogP contribution in [0.25, 0.3) is 11.0 Å². The maximum atomic E-state index is 11.3. The molecule has 1 aromatic heterocycles. The Hall–Kier alpha value is -1.77. The van der Waals surface area contributed by atoms with Crippen molar-refractivity contribution in [1.29, 1.82) is 0 Å². The quantitative estimate of drug-likeness (QED) is 0.648. The van der Waals surface area contributed by atoms with Crippen molar-refractivity contribution in [2.24, 2.45) is 0 Å². The number of benzene rings is 1. The van der Waals surface area contributed by atoms with Crippen LogP contribution in [0.5, 0.6) is 0 Å². The number of hydrogen-bond donors (Lipinski definition) is 1. The van der Waals surface area contributed by atoms with E-state index >= 15 is 0 Å². The normalized spacial score (nSPS) is 10.7. The third kappa shape index (κ3) is 2.67. The van der Waals surface area contributed by atoms with Crippen LogP contribution in [0.1, 0.15) is 25.3 Å². The van der Waals surface area contributed by atoms with Gasteiger partial charge in [-0.15, -0.1) is 0 Å². The Bertz CT molecular complexity index is 572. The minimum Gasteiger partial charge on any atom is -0.423 e. The summed E-state index contributed by atoms with van der Waals surface area (Å²) in [5.41, 5.74) is 2.31. The summed E-state index contributed by atoms with van der Waals surface area (Å²) in [5, 5.41) is 4.31.